The first-order chi connectivity index (χ1) is 11.0. The fraction of sp³-hybridized carbons (Fsp3) is 0.524. The summed E-state index contributed by atoms with van der Waals surface area (Å²) in [6.07, 6.45) is 11.6. The Morgan fingerprint density at radius 3 is 2.52 bits per heavy atom. The van der Waals surface area contributed by atoms with Gasteiger partial charge in [-0.25, -0.2) is 0 Å². The SMILES string of the molecule is C=C1/C(=C\c2ccccc2)CC(CCCCCCC)O[Si]1(C)C. The molecule has 2 heteroatoms. The molecule has 1 heterocycles. The maximum atomic E-state index is 6.46. The Bertz CT molecular complexity index is 530. The number of unbranched alkanes of at least 4 members (excludes halogenated alkanes) is 4. The lowest BCUT2D eigenvalue weighted by Crippen LogP contribution is -2.43. The van der Waals surface area contributed by atoms with Gasteiger partial charge in [0.1, 0.15) is 0 Å². The first-order valence-electron chi connectivity index (χ1n) is 9.16. The molecule has 126 valence electrons. The van der Waals surface area contributed by atoms with Crippen LogP contribution in [0, 0.1) is 0 Å². The van der Waals surface area contributed by atoms with E-state index in [9.17, 15) is 0 Å². The lowest BCUT2D eigenvalue weighted by molar-refractivity contribution is 0.173. The molecule has 0 saturated carbocycles. The van der Waals surface area contributed by atoms with Crippen LogP contribution >= 0.6 is 0 Å². The first-order valence-corrected chi connectivity index (χ1v) is 12.1. The van der Waals surface area contributed by atoms with Crippen LogP contribution in [-0.4, -0.2) is 14.4 Å². The topological polar surface area (TPSA) is 9.23 Å². The van der Waals surface area contributed by atoms with E-state index in [1.807, 2.05) is 0 Å². The van der Waals surface area contributed by atoms with Gasteiger partial charge in [0.15, 0.2) is 0 Å². The normalized spacial score (nSPS) is 22.5. The van der Waals surface area contributed by atoms with E-state index < -0.39 is 8.32 Å². The molecule has 1 aliphatic heterocycles. The van der Waals surface area contributed by atoms with Crippen molar-refractivity contribution in [2.24, 2.45) is 0 Å². The van der Waals surface area contributed by atoms with E-state index in [0.717, 1.165) is 6.42 Å². The Hall–Kier alpha value is -1.12. The second-order valence-corrected chi connectivity index (χ2v) is 11.1. The molecule has 0 radical (unpaired) electrons. The van der Waals surface area contributed by atoms with Gasteiger partial charge in [-0.1, -0.05) is 82.0 Å². The number of benzene rings is 1. The second-order valence-electron chi connectivity index (χ2n) is 7.22. The summed E-state index contributed by atoms with van der Waals surface area (Å²) in [5.41, 5.74) is 2.69. The van der Waals surface area contributed by atoms with Crippen LogP contribution in [0.1, 0.15) is 57.4 Å². The summed E-state index contributed by atoms with van der Waals surface area (Å²) >= 11 is 0. The first kappa shape index (κ1) is 18.2. The van der Waals surface area contributed by atoms with Gasteiger partial charge < -0.3 is 4.43 Å². The molecule has 1 aromatic carbocycles. The molecular weight excluding hydrogens is 296 g/mol. The molecule has 1 nitrogen and oxygen atoms in total. The van der Waals surface area contributed by atoms with Crippen molar-refractivity contribution in [1.82, 2.24) is 0 Å². The van der Waals surface area contributed by atoms with Gasteiger partial charge >= 0.3 is 0 Å². The van der Waals surface area contributed by atoms with Crippen molar-refractivity contribution in [1.29, 1.82) is 0 Å². The third-order valence-corrected chi connectivity index (χ3v) is 7.49. The van der Waals surface area contributed by atoms with Gasteiger partial charge in [-0.3, -0.25) is 0 Å². The van der Waals surface area contributed by atoms with Gasteiger partial charge in [0.25, 0.3) is 0 Å². The smallest absolute Gasteiger partial charge is 0.218 e. The molecule has 23 heavy (non-hydrogen) atoms. The minimum Gasteiger partial charge on any atom is -0.410 e. The van der Waals surface area contributed by atoms with Crippen LogP contribution in [0.5, 0.6) is 0 Å². The molecule has 1 saturated heterocycles. The summed E-state index contributed by atoms with van der Waals surface area (Å²) in [5, 5.41) is 1.27. The van der Waals surface area contributed by atoms with Crippen molar-refractivity contribution in [2.75, 3.05) is 0 Å². The molecule has 2 rings (SSSR count). The predicted octanol–water partition coefficient (Wildman–Crippen LogP) is 6.52. The summed E-state index contributed by atoms with van der Waals surface area (Å²) in [5.74, 6) is 0. The van der Waals surface area contributed by atoms with Crippen molar-refractivity contribution in [3.8, 4) is 0 Å². The van der Waals surface area contributed by atoms with Crippen molar-refractivity contribution in [3.05, 3.63) is 53.2 Å². The minimum absolute atomic E-state index is 0.388. The summed E-state index contributed by atoms with van der Waals surface area (Å²) in [7, 11) is -1.81. The highest BCUT2D eigenvalue weighted by atomic mass is 28.4. The van der Waals surface area contributed by atoms with Gasteiger partial charge in [0, 0.05) is 6.10 Å². The lowest BCUT2D eigenvalue weighted by Gasteiger charge is -2.38. The van der Waals surface area contributed by atoms with E-state index in [1.54, 1.807) is 0 Å². The predicted molar refractivity (Wildman–Crippen MR) is 104 cm³/mol. The van der Waals surface area contributed by atoms with Gasteiger partial charge in [-0.15, -0.1) is 0 Å². The summed E-state index contributed by atoms with van der Waals surface area (Å²) in [6.45, 7) is 11.2. The molecule has 0 aliphatic carbocycles. The Labute approximate surface area is 143 Å². The third kappa shape index (κ3) is 5.47. The number of hydrogen-bond donors (Lipinski definition) is 0. The highest BCUT2D eigenvalue weighted by Crippen LogP contribution is 2.36. The third-order valence-electron chi connectivity index (χ3n) is 4.79. The van der Waals surface area contributed by atoms with E-state index in [4.69, 9.17) is 4.43 Å². The molecule has 0 N–H and O–H groups in total. The average molecular weight is 329 g/mol. The van der Waals surface area contributed by atoms with Gasteiger partial charge in [0.05, 0.1) is 0 Å². The lowest BCUT2D eigenvalue weighted by atomic mass is 10.00. The van der Waals surface area contributed by atoms with Crippen LogP contribution in [0.2, 0.25) is 13.1 Å². The monoisotopic (exact) mass is 328 g/mol. The van der Waals surface area contributed by atoms with E-state index >= 15 is 0 Å². The second kappa shape index (κ2) is 8.65. The molecule has 0 amide bonds. The Morgan fingerprint density at radius 1 is 1.13 bits per heavy atom. The maximum Gasteiger partial charge on any atom is 0.218 e. The van der Waals surface area contributed by atoms with Crippen molar-refractivity contribution in [2.45, 2.75) is 71.1 Å². The Morgan fingerprint density at radius 2 is 1.83 bits per heavy atom. The largest absolute Gasteiger partial charge is 0.410 e. The van der Waals surface area contributed by atoms with Crippen LogP contribution < -0.4 is 0 Å². The van der Waals surface area contributed by atoms with Crippen LogP contribution in [-0.2, 0) is 4.43 Å². The summed E-state index contributed by atoms with van der Waals surface area (Å²) in [4.78, 5) is 0. The van der Waals surface area contributed by atoms with E-state index in [0.29, 0.717) is 6.10 Å². The highest BCUT2D eigenvalue weighted by molar-refractivity contribution is 6.79. The fourth-order valence-electron chi connectivity index (χ4n) is 3.32. The minimum atomic E-state index is -1.81. The van der Waals surface area contributed by atoms with Crippen molar-refractivity contribution >= 4 is 14.4 Å². The zero-order valence-electron chi connectivity index (χ0n) is 15.1. The van der Waals surface area contributed by atoms with E-state index in [-0.39, 0.29) is 0 Å². The number of hydrogen-bond acceptors (Lipinski definition) is 1. The Balaban J connectivity index is 2.01. The standard InChI is InChI=1S/C21H32OSi/c1-5-6-7-8-12-15-21-17-20(18(2)23(3,4)22-21)16-19-13-10-9-11-14-19/h9-11,13-14,16,21H,2,5-8,12,15,17H2,1,3-4H3/b20-16-. The van der Waals surface area contributed by atoms with Crippen LogP contribution in [0.3, 0.4) is 0 Å². The van der Waals surface area contributed by atoms with Gasteiger partial charge in [-0.2, -0.15) is 0 Å². The zero-order chi connectivity index (χ0) is 16.7. The molecule has 1 aliphatic rings. The fourth-order valence-corrected chi connectivity index (χ4v) is 5.44. The van der Waals surface area contributed by atoms with E-state index in [1.165, 1.54) is 54.9 Å². The molecule has 0 aromatic heterocycles. The number of rotatable bonds is 7. The molecule has 1 atom stereocenters. The quantitative estimate of drug-likeness (QED) is 0.409. The van der Waals surface area contributed by atoms with Gasteiger partial charge in [-0.05, 0) is 42.3 Å². The molecular formula is C21H32OSi. The summed E-state index contributed by atoms with van der Waals surface area (Å²) in [6, 6.07) is 10.6. The number of allylic oxidation sites excluding steroid dienone is 1. The molecule has 1 fully saturated rings. The Kier molecular flexibility index (Phi) is 6.85. The van der Waals surface area contributed by atoms with E-state index in [2.05, 4.69) is 63.0 Å². The van der Waals surface area contributed by atoms with Crippen LogP contribution in [0.15, 0.2) is 47.7 Å². The molecule has 0 bridgehead atoms. The van der Waals surface area contributed by atoms with Gasteiger partial charge in [0.2, 0.25) is 8.32 Å². The van der Waals surface area contributed by atoms with Crippen molar-refractivity contribution in [3.63, 3.8) is 0 Å². The summed E-state index contributed by atoms with van der Waals surface area (Å²) < 4.78 is 6.46. The molecule has 0 spiro atoms. The molecule has 1 aromatic rings. The van der Waals surface area contributed by atoms with Crippen LogP contribution in [0.4, 0.5) is 0 Å². The maximum absolute atomic E-state index is 6.46. The average Bonchev–Trinajstić information content (AvgIpc) is 2.52. The highest BCUT2D eigenvalue weighted by Gasteiger charge is 2.36. The molecule has 1 unspecified atom stereocenters. The van der Waals surface area contributed by atoms with Crippen LogP contribution in [0.25, 0.3) is 6.08 Å². The van der Waals surface area contributed by atoms with Crippen molar-refractivity contribution < 1.29 is 4.43 Å². The zero-order valence-corrected chi connectivity index (χ0v) is 16.1.